The van der Waals surface area contributed by atoms with Gasteiger partial charge in [-0.05, 0) is 23.8 Å². The van der Waals surface area contributed by atoms with Gasteiger partial charge in [0.25, 0.3) is 5.91 Å². The number of morpholine rings is 1. The minimum Gasteiger partial charge on any atom is -0.378 e. The summed E-state index contributed by atoms with van der Waals surface area (Å²) in [6, 6.07) is 8.13. The molecule has 0 N–H and O–H groups in total. The van der Waals surface area contributed by atoms with Gasteiger partial charge in [-0.15, -0.1) is 0 Å². The minimum atomic E-state index is -0.265. The zero-order valence-electron chi connectivity index (χ0n) is 11.9. The maximum atomic E-state index is 13.0. The number of aryl methyl sites for hydroxylation is 1. The van der Waals surface area contributed by atoms with Gasteiger partial charge in [0.2, 0.25) is 0 Å². The average Bonchev–Trinajstić information content (AvgIpc) is 2.90. The van der Waals surface area contributed by atoms with Gasteiger partial charge in [-0.25, -0.2) is 4.39 Å². The fourth-order valence-electron chi connectivity index (χ4n) is 2.51. The Kier molecular flexibility index (Phi) is 3.75. The molecular formula is C16H17FN2O2. The van der Waals surface area contributed by atoms with Gasteiger partial charge in [-0.3, -0.25) is 4.79 Å². The van der Waals surface area contributed by atoms with Gasteiger partial charge in [-0.2, -0.15) is 0 Å². The fourth-order valence-corrected chi connectivity index (χ4v) is 2.51. The molecule has 0 radical (unpaired) electrons. The highest BCUT2D eigenvalue weighted by Crippen LogP contribution is 2.23. The van der Waals surface area contributed by atoms with Gasteiger partial charge in [0.1, 0.15) is 11.5 Å². The number of nitrogens with zero attached hydrogens (tertiary/aromatic N) is 2. The smallest absolute Gasteiger partial charge is 0.270 e. The Bertz CT molecular complexity index is 643. The number of halogens is 1. The topological polar surface area (TPSA) is 34.5 Å². The van der Waals surface area contributed by atoms with Crippen LogP contribution in [0.1, 0.15) is 10.5 Å². The van der Waals surface area contributed by atoms with Crippen molar-refractivity contribution in [3.05, 3.63) is 48.0 Å². The van der Waals surface area contributed by atoms with Gasteiger partial charge in [0, 0.05) is 31.9 Å². The van der Waals surface area contributed by atoms with Crippen molar-refractivity contribution in [3.8, 4) is 11.1 Å². The average molecular weight is 288 g/mol. The summed E-state index contributed by atoms with van der Waals surface area (Å²) in [6.07, 6.45) is 1.89. The predicted molar refractivity (Wildman–Crippen MR) is 77.5 cm³/mol. The highest BCUT2D eigenvalue weighted by atomic mass is 19.1. The molecule has 5 heteroatoms. The number of ether oxygens (including phenoxy) is 1. The lowest BCUT2D eigenvalue weighted by Crippen LogP contribution is -2.41. The largest absolute Gasteiger partial charge is 0.378 e. The van der Waals surface area contributed by atoms with E-state index in [1.54, 1.807) is 17.0 Å². The second kappa shape index (κ2) is 5.69. The molecule has 1 aliphatic heterocycles. The first-order chi connectivity index (χ1) is 10.1. The first-order valence-corrected chi connectivity index (χ1v) is 6.94. The molecule has 0 atom stereocenters. The van der Waals surface area contributed by atoms with Gasteiger partial charge in [0.15, 0.2) is 0 Å². The second-order valence-corrected chi connectivity index (χ2v) is 5.14. The molecule has 1 saturated heterocycles. The SMILES string of the molecule is Cn1cc(-c2ccc(F)cc2)cc1C(=O)N1CCOCC1. The normalized spacial score (nSPS) is 15.2. The molecule has 0 unspecified atom stereocenters. The maximum absolute atomic E-state index is 13.0. The van der Waals surface area contributed by atoms with Crippen LogP contribution < -0.4 is 0 Å². The van der Waals surface area contributed by atoms with Crippen molar-refractivity contribution in [1.29, 1.82) is 0 Å². The summed E-state index contributed by atoms with van der Waals surface area (Å²) in [6.45, 7) is 2.41. The number of amides is 1. The summed E-state index contributed by atoms with van der Waals surface area (Å²) in [4.78, 5) is 14.3. The summed E-state index contributed by atoms with van der Waals surface area (Å²) in [5.74, 6) is -0.256. The molecule has 2 aromatic rings. The van der Waals surface area contributed by atoms with Gasteiger partial charge in [-0.1, -0.05) is 12.1 Å². The quantitative estimate of drug-likeness (QED) is 0.850. The lowest BCUT2D eigenvalue weighted by molar-refractivity contribution is 0.0296. The zero-order valence-corrected chi connectivity index (χ0v) is 11.9. The van der Waals surface area contributed by atoms with Crippen LogP contribution in [0.25, 0.3) is 11.1 Å². The van der Waals surface area contributed by atoms with E-state index in [0.29, 0.717) is 32.0 Å². The summed E-state index contributed by atoms with van der Waals surface area (Å²) >= 11 is 0. The molecule has 3 rings (SSSR count). The highest BCUT2D eigenvalue weighted by molar-refractivity contribution is 5.94. The number of hydrogen-bond acceptors (Lipinski definition) is 2. The Morgan fingerprint density at radius 1 is 1.14 bits per heavy atom. The van der Waals surface area contributed by atoms with E-state index in [2.05, 4.69) is 0 Å². The van der Waals surface area contributed by atoms with Gasteiger partial charge in [0.05, 0.1) is 13.2 Å². The number of carbonyl (C=O) groups excluding carboxylic acids is 1. The molecule has 4 nitrogen and oxygen atoms in total. The lowest BCUT2D eigenvalue weighted by atomic mass is 10.1. The van der Waals surface area contributed by atoms with E-state index in [1.165, 1.54) is 12.1 Å². The van der Waals surface area contributed by atoms with Crippen LogP contribution in [0.5, 0.6) is 0 Å². The predicted octanol–water partition coefficient (Wildman–Crippen LogP) is 2.30. The molecule has 0 bridgehead atoms. The molecule has 0 spiro atoms. The summed E-state index contributed by atoms with van der Waals surface area (Å²) in [5, 5.41) is 0. The Labute approximate surface area is 122 Å². The standard InChI is InChI=1S/C16H17FN2O2/c1-18-11-13(12-2-4-14(17)5-3-12)10-15(18)16(20)19-6-8-21-9-7-19/h2-5,10-11H,6-9H2,1H3. The van der Waals surface area contributed by atoms with Crippen molar-refractivity contribution in [3.63, 3.8) is 0 Å². The van der Waals surface area contributed by atoms with Crippen molar-refractivity contribution in [2.24, 2.45) is 7.05 Å². The Morgan fingerprint density at radius 2 is 1.81 bits per heavy atom. The first-order valence-electron chi connectivity index (χ1n) is 6.94. The monoisotopic (exact) mass is 288 g/mol. The third-order valence-electron chi connectivity index (χ3n) is 3.70. The molecule has 0 aliphatic carbocycles. The third kappa shape index (κ3) is 2.83. The van der Waals surface area contributed by atoms with Crippen LogP contribution in [-0.4, -0.2) is 41.7 Å². The summed E-state index contributed by atoms with van der Waals surface area (Å²) in [5.41, 5.74) is 2.44. The van der Waals surface area contributed by atoms with E-state index in [1.807, 2.05) is 23.9 Å². The molecule has 110 valence electrons. The Hall–Kier alpha value is -2.14. The molecule has 1 aromatic heterocycles. The van der Waals surface area contributed by atoms with Crippen LogP contribution in [0.2, 0.25) is 0 Å². The zero-order chi connectivity index (χ0) is 14.8. The Morgan fingerprint density at radius 3 is 2.48 bits per heavy atom. The summed E-state index contributed by atoms with van der Waals surface area (Å²) in [7, 11) is 1.85. The number of rotatable bonds is 2. The van der Waals surface area contributed by atoms with Crippen LogP contribution in [0.3, 0.4) is 0 Å². The molecule has 1 aromatic carbocycles. The molecule has 1 fully saturated rings. The molecule has 1 aliphatic rings. The molecule has 1 amide bonds. The van der Waals surface area contributed by atoms with Crippen LogP contribution in [0.15, 0.2) is 36.5 Å². The summed E-state index contributed by atoms with van der Waals surface area (Å²) < 4.78 is 20.1. The number of aromatic nitrogens is 1. The first kappa shape index (κ1) is 13.8. The number of hydrogen-bond donors (Lipinski definition) is 0. The molecule has 2 heterocycles. The van der Waals surface area contributed by atoms with Crippen molar-refractivity contribution >= 4 is 5.91 Å². The molecule has 0 saturated carbocycles. The van der Waals surface area contributed by atoms with E-state index < -0.39 is 0 Å². The lowest BCUT2D eigenvalue weighted by Gasteiger charge is -2.26. The molecular weight excluding hydrogens is 271 g/mol. The minimum absolute atomic E-state index is 0.00848. The number of benzene rings is 1. The van der Waals surface area contributed by atoms with E-state index in [9.17, 15) is 9.18 Å². The van der Waals surface area contributed by atoms with E-state index in [4.69, 9.17) is 4.74 Å². The van der Waals surface area contributed by atoms with Gasteiger partial charge >= 0.3 is 0 Å². The van der Waals surface area contributed by atoms with Crippen molar-refractivity contribution < 1.29 is 13.9 Å². The van der Waals surface area contributed by atoms with E-state index in [0.717, 1.165) is 11.1 Å². The fraction of sp³-hybridized carbons (Fsp3) is 0.312. The van der Waals surface area contributed by atoms with Crippen molar-refractivity contribution in [1.82, 2.24) is 9.47 Å². The third-order valence-corrected chi connectivity index (χ3v) is 3.70. The van der Waals surface area contributed by atoms with Crippen LogP contribution >= 0.6 is 0 Å². The van der Waals surface area contributed by atoms with Crippen molar-refractivity contribution in [2.75, 3.05) is 26.3 Å². The van der Waals surface area contributed by atoms with E-state index in [-0.39, 0.29) is 11.7 Å². The molecule has 21 heavy (non-hydrogen) atoms. The van der Waals surface area contributed by atoms with Crippen LogP contribution in [-0.2, 0) is 11.8 Å². The Balaban J connectivity index is 1.87. The number of carbonyl (C=O) groups is 1. The van der Waals surface area contributed by atoms with Gasteiger partial charge < -0.3 is 14.2 Å². The second-order valence-electron chi connectivity index (χ2n) is 5.14. The highest BCUT2D eigenvalue weighted by Gasteiger charge is 2.21. The van der Waals surface area contributed by atoms with Crippen molar-refractivity contribution in [2.45, 2.75) is 0 Å². The van der Waals surface area contributed by atoms with Crippen LogP contribution in [0, 0.1) is 5.82 Å². The van der Waals surface area contributed by atoms with Crippen LogP contribution in [0.4, 0.5) is 4.39 Å². The van der Waals surface area contributed by atoms with E-state index >= 15 is 0 Å². The maximum Gasteiger partial charge on any atom is 0.270 e.